The second-order valence-corrected chi connectivity index (χ2v) is 11.1. The molecule has 214 valence electrons. The lowest BCUT2D eigenvalue weighted by atomic mass is 9.92. The van der Waals surface area contributed by atoms with Gasteiger partial charge in [0.1, 0.15) is 0 Å². The minimum atomic E-state index is -0.500. The van der Waals surface area contributed by atoms with Crippen molar-refractivity contribution in [1.82, 2.24) is 14.6 Å². The van der Waals surface area contributed by atoms with Gasteiger partial charge in [-0.1, -0.05) is 30.7 Å². The number of halogens is 2. The minimum Gasteiger partial charge on any atom is -0.490 e. The lowest BCUT2D eigenvalue weighted by molar-refractivity contribution is -0.122. The first-order chi connectivity index (χ1) is 18.8. The summed E-state index contributed by atoms with van der Waals surface area (Å²) in [5.41, 5.74) is 8.75. The number of aromatic nitrogens is 3. The highest BCUT2D eigenvalue weighted by atomic mass is 35.5. The molecule has 2 aromatic carbocycles. The summed E-state index contributed by atoms with van der Waals surface area (Å²) in [5, 5.41) is 21.0. The van der Waals surface area contributed by atoms with Gasteiger partial charge >= 0.3 is 0 Å². The second kappa shape index (κ2) is 12.8. The first-order valence-corrected chi connectivity index (χ1v) is 13.6. The number of fused-ring (bicyclic) bond motifs is 2. The number of aliphatic hydroxyl groups is 1. The number of nitrogens with zero attached hydrogens (tertiary/aromatic N) is 3. The first kappa shape index (κ1) is 31.0. The van der Waals surface area contributed by atoms with Gasteiger partial charge in [-0.3, -0.25) is 4.79 Å². The third kappa shape index (κ3) is 6.80. The van der Waals surface area contributed by atoms with Crippen LogP contribution >= 0.6 is 11.6 Å². The van der Waals surface area contributed by atoms with Crippen molar-refractivity contribution >= 4 is 23.7 Å². The predicted octanol–water partition coefficient (Wildman–Crippen LogP) is 7.15. The summed E-state index contributed by atoms with van der Waals surface area (Å²) < 4.78 is 22.7. The summed E-state index contributed by atoms with van der Waals surface area (Å²) in [5.74, 6) is 0.0812. The van der Waals surface area contributed by atoms with E-state index in [1.165, 1.54) is 0 Å². The predicted molar refractivity (Wildman–Crippen MR) is 157 cm³/mol. The molecule has 0 atom stereocenters. The maximum absolute atomic E-state index is 15.1. The molecule has 0 spiro atoms. The normalized spacial score (nSPS) is 12.4. The lowest BCUT2D eigenvalue weighted by Crippen LogP contribution is -2.13. The standard InChI is InChI=1S/C26H25ClFN3O.C4H10O.CH2O2/c1-5-19-16(4)29-26-15(3)23(17-8-6-9-18(27)12-17)30-31(26)24(19)21-13-22(28)25-20(14(21)2)10-7-11-32-25;1-4(2,3)5;2-1-3/h6,8-9,12-13H,5,7,10-11H2,1-4H3;5H,1-3H3;1H,(H,2,3). The fourth-order valence-electron chi connectivity index (χ4n) is 4.81. The highest BCUT2D eigenvalue weighted by Crippen LogP contribution is 2.40. The van der Waals surface area contributed by atoms with Crippen molar-refractivity contribution in [2.24, 2.45) is 0 Å². The Morgan fingerprint density at radius 1 is 1.18 bits per heavy atom. The highest BCUT2D eigenvalue weighted by molar-refractivity contribution is 6.30. The summed E-state index contributed by atoms with van der Waals surface area (Å²) in [6, 6.07) is 9.27. The lowest BCUT2D eigenvalue weighted by Gasteiger charge is -2.23. The summed E-state index contributed by atoms with van der Waals surface area (Å²) in [6.07, 6.45) is 2.47. The first-order valence-electron chi connectivity index (χ1n) is 13.2. The van der Waals surface area contributed by atoms with Crippen LogP contribution in [0, 0.1) is 26.6 Å². The van der Waals surface area contributed by atoms with E-state index in [0.717, 1.165) is 75.4 Å². The summed E-state index contributed by atoms with van der Waals surface area (Å²) >= 11 is 6.25. The van der Waals surface area contributed by atoms with Crippen molar-refractivity contribution in [3.8, 4) is 28.3 Å². The van der Waals surface area contributed by atoms with Gasteiger partial charge in [0, 0.05) is 33.0 Å². The molecule has 0 fully saturated rings. The van der Waals surface area contributed by atoms with Gasteiger partial charge in [0.15, 0.2) is 17.2 Å². The van der Waals surface area contributed by atoms with Crippen LogP contribution < -0.4 is 4.74 Å². The Kier molecular flexibility index (Phi) is 9.92. The van der Waals surface area contributed by atoms with Crippen LogP contribution in [-0.4, -0.2) is 43.5 Å². The van der Waals surface area contributed by atoms with E-state index >= 15 is 4.39 Å². The number of benzene rings is 2. The molecule has 0 unspecified atom stereocenters. The van der Waals surface area contributed by atoms with E-state index in [0.29, 0.717) is 17.4 Å². The van der Waals surface area contributed by atoms with E-state index in [4.69, 9.17) is 41.4 Å². The molecule has 0 bridgehead atoms. The number of rotatable bonds is 3. The van der Waals surface area contributed by atoms with Crippen molar-refractivity contribution in [3.05, 3.63) is 69.1 Å². The zero-order chi connectivity index (χ0) is 29.8. The number of hydrogen-bond donors (Lipinski definition) is 2. The average Bonchev–Trinajstić information content (AvgIpc) is 3.21. The number of aryl methyl sites for hydroxylation is 2. The zero-order valence-corrected chi connectivity index (χ0v) is 24.9. The Labute approximate surface area is 239 Å². The molecule has 7 nitrogen and oxygen atoms in total. The molecule has 0 amide bonds. The fraction of sp³-hybridized carbons (Fsp3) is 0.387. The third-order valence-corrected chi connectivity index (χ3v) is 6.68. The van der Waals surface area contributed by atoms with Gasteiger partial charge in [0.2, 0.25) is 0 Å². The van der Waals surface area contributed by atoms with Crippen LogP contribution in [0.2, 0.25) is 5.02 Å². The number of ether oxygens (including phenoxy) is 1. The maximum atomic E-state index is 15.1. The smallest absolute Gasteiger partial charge is 0.290 e. The maximum Gasteiger partial charge on any atom is 0.290 e. The molecule has 1 aliphatic rings. The van der Waals surface area contributed by atoms with Crippen LogP contribution in [0.4, 0.5) is 4.39 Å². The molecule has 0 radical (unpaired) electrons. The van der Waals surface area contributed by atoms with Crippen LogP contribution in [0.3, 0.4) is 0 Å². The Balaban J connectivity index is 0.000000490. The van der Waals surface area contributed by atoms with Crippen LogP contribution in [0.5, 0.6) is 5.75 Å². The molecule has 5 rings (SSSR count). The van der Waals surface area contributed by atoms with E-state index in [9.17, 15) is 0 Å². The van der Waals surface area contributed by atoms with Crippen LogP contribution in [0.15, 0.2) is 30.3 Å². The van der Waals surface area contributed by atoms with Gasteiger partial charge in [-0.05, 0) is 90.1 Å². The number of carboxylic acid groups (broad SMARTS) is 1. The van der Waals surface area contributed by atoms with Gasteiger partial charge < -0.3 is 14.9 Å². The number of carbonyl (C=O) groups is 1. The summed E-state index contributed by atoms with van der Waals surface area (Å²) in [7, 11) is 0. The van der Waals surface area contributed by atoms with Crippen molar-refractivity contribution in [3.63, 3.8) is 0 Å². The van der Waals surface area contributed by atoms with Gasteiger partial charge in [0.25, 0.3) is 6.47 Å². The highest BCUT2D eigenvalue weighted by Gasteiger charge is 2.25. The SMILES string of the molecule is CC(C)(C)O.CCc1c(C)nc2c(C)c(-c3cccc(Cl)c3)nn2c1-c1cc(F)c2c(c1C)CCCO2.O=CO. The molecule has 2 N–H and O–H groups in total. The Hall–Kier alpha value is -3.49. The van der Waals surface area contributed by atoms with Crippen LogP contribution in [0.25, 0.3) is 28.2 Å². The van der Waals surface area contributed by atoms with Crippen molar-refractivity contribution < 1.29 is 24.1 Å². The van der Waals surface area contributed by atoms with Crippen molar-refractivity contribution in [1.29, 1.82) is 0 Å². The monoisotopic (exact) mass is 569 g/mol. The molecular weight excluding hydrogens is 533 g/mol. The summed E-state index contributed by atoms with van der Waals surface area (Å²) in [6.45, 7) is 13.7. The molecule has 9 heteroatoms. The zero-order valence-electron chi connectivity index (χ0n) is 24.1. The molecular formula is C31H37ClFN3O4. The van der Waals surface area contributed by atoms with E-state index in [-0.39, 0.29) is 12.3 Å². The van der Waals surface area contributed by atoms with E-state index in [1.54, 1.807) is 26.8 Å². The van der Waals surface area contributed by atoms with Gasteiger partial charge in [0.05, 0.1) is 23.6 Å². The molecule has 3 heterocycles. The third-order valence-electron chi connectivity index (χ3n) is 6.44. The quantitative estimate of drug-likeness (QED) is 0.254. The Bertz CT molecular complexity index is 1520. The van der Waals surface area contributed by atoms with Gasteiger partial charge in [-0.2, -0.15) is 5.10 Å². The molecule has 0 saturated carbocycles. The van der Waals surface area contributed by atoms with Gasteiger partial charge in [-0.25, -0.2) is 13.9 Å². The van der Waals surface area contributed by atoms with Crippen molar-refractivity contribution in [2.75, 3.05) is 6.61 Å². The van der Waals surface area contributed by atoms with Crippen LogP contribution in [-0.2, 0) is 17.6 Å². The molecule has 40 heavy (non-hydrogen) atoms. The van der Waals surface area contributed by atoms with Crippen molar-refractivity contribution in [2.45, 2.75) is 73.3 Å². The second-order valence-electron chi connectivity index (χ2n) is 10.7. The van der Waals surface area contributed by atoms with Gasteiger partial charge in [-0.15, -0.1) is 0 Å². The van der Waals surface area contributed by atoms with E-state index in [1.807, 2.05) is 42.6 Å². The molecule has 2 aromatic heterocycles. The average molecular weight is 570 g/mol. The Morgan fingerprint density at radius 2 is 1.82 bits per heavy atom. The minimum absolute atomic E-state index is 0.250. The fourth-order valence-corrected chi connectivity index (χ4v) is 5.00. The van der Waals surface area contributed by atoms with E-state index < -0.39 is 5.60 Å². The molecule has 0 saturated heterocycles. The topological polar surface area (TPSA) is 97.0 Å². The number of hydrogen-bond acceptors (Lipinski definition) is 5. The largest absolute Gasteiger partial charge is 0.490 e. The molecule has 1 aliphatic heterocycles. The summed E-state index contributed by atoms with van der Waals surface area (Å²) in [4.78, 5) is 13.3. The molecule has 4 aromatic rings. The molecule has 0 aliphatic carbocycles. The Morgan fingerprint density at radius 3 is 2.42 bits per heavy atom. The van der Waals surface area contributed by atoms with Crippen LogP contribution in [0.1, 0.15) is 62.1 Å². The van der Waals surface area contributed by atoms with E-state index in [2.05, 4.69) is 13.8 Å².